The minimum absolute atomic E-state index is 0.0231. The Labute approximate surface area is 133 Å². The third kappa shape index (κ3) is 2.85. The number of nitro groups is 1. The highest BCUT2D eigenvalue weighted by molar-refractivity contribution is 6.14. The number of rotatable bonds is 2. The fraction of sp³-hybridized carbons (Fsp3) is 0.167. The van der Waals surface area contributed by atoms with Gasteiger partial charge in [-0.3, -0.25) is 14.9 Å². The monoisotopic (exact) mass is 309 g/mol. The minimum Gasteiger partial charge on any atom is -0.488 e. The summed E-state index contributed by atoms with van der Waals surface area (Å²) in [5.74, 6) is 0.581. The minimum atomic E-state index is -0.451. The van der Waals surface area contributed by atoms with Crippen LogP contribution in [0.4, 0.5) is 5.69 Å². The Hall–Kier alpha value is -2.95. The Balaban J connectivity index is 1.95. The van der Waals surface area contributed by atoms with E-state index in [2.05, 4.69) is 0 Å². The predicted molar refractivity (Wildman–Crippen MR) is 86.8 cm³/mol. The summed E-state index contributed by atoms with van der Waals surface area (Å²) in [6.45, 7) is 4.06. The number of fused-ring (bicyclic) bond motifs is 1. The normalized spacial score (nSPS) is 15.2. The number of hydrogen-bond donors (Lipinski definition) is 0. The predicted octanol–water partition coefficient (Wildman–Crippen LogP) is 3.87. The molecule has 5 nitrogen and oxygen atoms in total. The largest absolute Gasteiger partial charge is 0.488 e. The van der Waals surface area contributed by atoms with E-state index in [0.717, 1.165) is 16.7 Å². The van der Waals surface area contributed by atoms with E-state index in [9.17, 15) is 14.9 Å². The molecule has 0 radical (unpaired) electrons. The van der Waals surface area contributed by atoms with E-state index in [1.54, 1.807) is 18.2 Å². The first kappa shape index (κ1) is 15.0. The molecule has 5 heteroatoms. The van der Waals surface area contributed by atoms with Crippen molar-refractivity contribution in [2.24, 2.45) is 0 Å². The van der Waals surface area contributed by atoms with Crippen molar-refractivity contribution in [2.45, 2.75) is 13.8 Å². The first-order chi connectivity index (χ1) is 11.0. The van der Waals surface area contributed by atoms with Crippen LogP contribution in [0.15, 0.2) is 42.0 Å². The first-order valence-electron chi connectivity index (χ1n) is 7.19. The summed E-state index contributed by atoms with van der Waals surface area (Å²) in [7, 11) is 0. The molecule has 0 aromatic heterocycles. The molecule has 2 aromatic rings. The van der Waals surface area contributed by atoms with Crippen molar-refractivity contribution in [3.63, 3.8) is 0 Å². The zero-order valence-corrected chi connectivity index (χ0v) is 12.8. The fourth-order valence-electron chi connectivity index (χ4n) is 2.70. The van der Waals surface area contributed by atoms with E-state index in [1.165, 1.54) is 12.1 Å². The second-order valence-corrected chi connectivity index (χ2v) is 5.59. The van der Waals surface area contributed by atoms with Gasteiger partial charge < -0.3 is 4.74 Å². The van der Waals surface area contributed by atoms with Gasteiger partial charge >= 0.3 is 0 Å². The van der Waals surface area contributed by atoms with E-state index < -0.39 is 4.92 Å². The Morgan fingerprint density at radius 2 is 1.87 bits per heavy atom. The number of non-ortho nitro benzene ring substituents is 1. The SMILES string of the molecule is Cc1cc(C)c2c(c1)C(=O)/C(=C\c1ccc([N+](=O)[O-])cc1)CO2. The molecule has 0 bridgehead atoms. The molecule has 2 aromatic carbocycles. The van der Waals surface area contributed by atoms with Crippen LogP contribution < -0.4 is 4.74 Å². The van der Waals surface area contributed by atoms with Gasteiger partial charge in [-0.05, 0) is 54.8 Å². The van der Waals surface area contributed by atoms with Gasteiger partial charge in [0.25, 0.3) is 5.69 Å². The summed E-state index contributed by atoms with van der Waals surface area (Å²) in [6.07, 6.45) is 1.71. The third-order valence-electron chi connectivity index (χ3n) is 3.77. The summed E-state index contributed by atoms with van der Waals surface area (Å²) in [4.78, 5) is 22.9. The van der Waals surface area contributed by atoms with Gasteiger partial charge in [0.15, 0.2) is 5.78 Å². The van der Waals surface area contributed by atoms with E-state index in [4.69, 9.17) is 4.74 Å². The standard InChI is InChI=1S/C18H15NO4/c1-11-7-12(2)18-16(8-11)17(20)14(10-23-18)9-13-3-5-15(6-4-13)19(21)22/h3-9H,10H2,1-2H3/b14-9-. The number of benzene rings is 2. The van der Waals surface area contributed by atoms with Gasteiger partial charge in [0.05, 0.1) is 10.5 Å². The molecular formula is C18H15NO4. The van der Waals surface area contributed by atoms with E-state index in [0.29, 0.717) is 16.9 Å². The van der Waals surface area contributed by atoms with Crippen molar-refractivity contribution in [3.8, 4) is 5.75 Å². The molecule has 0 saturated carbocycles. The maximum atomic E-state index is 12.6. The molecule has 0 spiro atoms. The van der Waals surface area contributed by atoms with Crippen molar-refractivity contribution in [3.05, 3.63) is 74.3 Å². The summed E-state index contributed by atoms with van der Waals surface area (Å²) in [5, 5.41) is 10.7. The first-order valence-corrected chi connectivity index (χ1v) is 7.19. The number of nitrogens with zero attached hydrogens (tertiary/aromatic N) is 1. The second-order valence-electron chi connectivity index (χ2n) is 5.59. The lowest BCUT2D eigenvalue weighted by molar-refractivity contribution is -0.384. The van der Waals surface area contributed by atoms with Crippen LogP contribution in [0.3, 0.4) is 0 Å². The van der Waals surface area contributed by atoms with Gasteiger partial charge in [0.1, 0.15) is 12.4 Å². The Morgan fingerprint density at radius 3 is 2.52 bits per heavy atom. The third-order valence-corrected chi connectivity index (χ3v) is 3.77. The van der Waals surface area contributed by atoms with Gasteiger partial charge in [-0.15, -0.1) is 0 Å². The Bertz CT molecular complexity index is 835. The highest BCUT2D eigenvalue weighted by Gasteiger charge is 2.25. The summed E-state index contributed by atoms with van der Waals surface area (Å²) in [5.41, 5.74) is 3.82. The van der Waals surface area contributed by atoms with Gasteiger partial charge in [0.2, 0.25) is 0 Å². The van der Waals surface area contributed by atoms with E-state index in [-0.39, 0.29) is 18.1 Å². The number of aryl methyl sites for hydroxylation is 2. The molecule has 0 unspecified atom stereocenters. The quantitative estimate of drug-likeness (QED) is 0.479. The maximum Gasteiger partial charge on any atom is 0.269 e. The molecule has 0 amide bonds. The summed E-state index contributed by atoms with van der Waals surface area (Å²) < 4.78 is 5.73. The highest BCUT2D eigenvalue weighted by atomic mass is 16.6. The molecule has 0 aliphatic carbocycles. The Kier molecular flexibility index (Phi) is 3.70. The van der Waals surface area contributed by atoms with Crippen LogP contribution in [0.1, 0.15) is 27.0 Å². The molecular weight excluding hydrogens is 294 g/mol. The lowest BCUT2D eigenvalue weighted by atomic mass is 9.95. The average Bonchev–Trinajstić information content (AvgIpc) is 2.51. The van der Waals surface area contributed by atoms with Crippen molar-refractivity contribution in [2.75, 3.05) is 6.61 Å². The van der Waals surface area contributed by atoms with Crippen molar-refractivity contribution >= 4 is 17.5 Å². The van der Waals surface area contributed by atoms with Crippen molar-refractivity contribution in [1.82, 2.24) is 0 Å². The number of Topliss-reactive ketones (excluding diaryl/α,β-unsaturated/α-hetero) is 1. The van der Waals surface area contributed by atoms with Crippen LogP contribution in [0.5, 0.6) is 5.75 Å². The zero-order valence-electron chi connectivity index (χ0n) is 12.8. The molecule has 116 valence electrons. The summed E-state index contributed by atoms with van der Waals surface area (Å²) in [6, 6.07) is 9.89. The van der Waals surface area contributed by atoms with Crippen LogP contribution in [0.2, 0.25) is 0 Å². The molecule has 3 rings (SSSR count). The van der Waals surface area contributed by atoms with Crippen LogP contribution in [0.25, 0.3) is 6.08 Å². The average molecular weight is 309 g/mol. The van der Waals surface area contributed by atoms with Crippen molar-refractivity contribution < 1.29 is 14.5 Å². The molecule has 1 aliphatic rings. The topological polar surface area (TPSA) is 69.4 Å². The molecule has 0 fully saturated rings. The van der Waals surface area contributed by atoms with Gasteiger partial charge in [-0.25, -0.2) is 0 Å². The molecule has 1 heterocycles. The lowest BCUT2D eigenvalue weighted by Gasteiger charge is -2.21. The van der Waals surface area contributed by atoms with Crippen molar-refractivity contribution in [1.29, 1.82) is 0 Å². The van der Waals surface area contributed by atoms with Gasteiger partial charge in [-0.1, -0.05) is 6.07 Å². The number of carbonyl (C=O) groups is 1. The van der Waals surface area contributed by atoms with E-state index >= 15 is 0 Å². The maximum absolute atomic E-state index is 12.6. The molecule has 0 saturated heterocycles. The number of hydrogen-bond acceptors (Lipinski definition) is 4. The number of carbonyl (C=O) groups excluding carboxylic acids is 1. The fourth-order valence-corrected chi connectivity index (χ4v) is 2.70. The van der Waals surface area contributed by atoms with Gasteiger partial charge in [0, 0.05) is 17.7 Å². The molecule has 23 heavy (non-hydrogen) atoms. The molecule has 0 atom stereocenters. The number of nitro benzene ring substituents is 1. The van der Waals surface area contributed by atoms with Crippen LogP contribution >= 0.6 is 0 Å². The second kappa shape index (κ2) is 5.68. The molecule has 1 aliphatic heterocycles. The number of ether oxygens (including phenoxy) is 1. The highest BCUT2D eigenvalue weighted by Crippen LogP contribution is 2.32. The number of ketones is 1. The zero-order chi connectivity index (χ0) is 16.6. The smallest absolute Gasteiger partial charge is 0.269 e. The van der Waals surface area contributed by atoms with Crippen LogP contribution in [0, 0.1) is 24.0 Å². The lowest BCUT2D eigenvalue weighted by Crippen LogP contribution is -2.20. The summed E-state index contributed by atoms with van der Waals surface area (Å²) >= 11 is 0. The molecule has 0 N–H and O–H groups in total. The Morgan fingerprint density at radius 1 is 1.17 bits per heavy atom. The van der Waals surface area contributed by atoms with Crippen LogP contribution in [-0.2, 0) is 0 Å². The van der Waals surface area contributed by atoms with Gasteiger partial charge in [-0.2, -0.15) is 0 Å². The van der Waals surface area contributed by atoms with Crippen LogP contribution in [-0.4, -0.2) is 17.3 Å². The van der Waals surface area contributed by atoms with E-state index in [1.807, 2.05) is 26.0 Å².